The minimum absolute atomic E-state index is 0.0455. The van der Waals surface area contributed by atoms with Crippen LogP contribution in [0.1, 0.15) is 51.9 Å². The maximum absolute atomic E-state index is 10.0. The first-order valence-corrected chi connectivity index (χ1v) is 6.26. The molecule has 3 atom stereocenters. The number of aliphatic hydroxyl groups excluding tert-OH is 1. The van der Waals surface area contributed by atoms with Crippen molar-refractivity contribution in [1.29, 1.82) is 0 Å². The van der Waals surface area contributed by atoms with E-state index in [1.165, 1.54) is 45.1 Å². The van der Waals surface area contributed by atoms with Crippen molar-refractivity contribution in [2.75, 3.05) is 6.54 Å². The van der Waals surface area contributed by atoms with Crippen LogP contribution in [0, 0.1) is 0 Å². The standard InChI is InChI=1S/C12H23NO/c1-2-10-6-5-9-13(10)11-7-3-4-8-12(11)14/h10-12,14H,2-9H2,1H3. The van der Waals surface area contributed by atoms with Crippen molar-refractivity contribution in [3.8, 4) is 0 Å². The van der Waals surface area contributed by atoms with Gasteiger partial charge in [0.1, 0.15) is 0 Å². The first kappa shape index (κ1) is 10.4. The van der Waals surface area contributed by atoms with Crippen LogP contribution in [0.2, 0.25) is 0 Å². The van der Waals surface area contributed by atoms with Crippen molar-refractivity contribution < 1.29 is 5.11 Å². The molecule has 1 heterocycles. The Morgan fingerprint density at radius 3 is 2.64 bits per heavy atom. The molecule has 1 aliphatic carbocycles. The van der Waals surface area contributed by atoms with Gasteiger partial charge in [0.2, 0.25) is 0 Å². The van der Waals surface area contributed by atoms with Gasteiger partial charge in [0.25, 0.3) is 0 Å². The normalized spacial score (nSPS) is 40.3. The van der Waals surface area contributed by atoms with Gasteiger partial charge in [-0.15, -0.1) is 0 Å². The number of rotatable bonds is 2. The number of nitrogens with zero attached hydrogens (tertiary/aromatic N) is 1. The van der Waals surface area contributed by atoms with Crippen LogP contribution in [-0.2, 0) is 0 Å². The number of likely N-dealkylation sites (tertiary alicyclic amines) is 1. The molecule has 3 unspecified atom stereocenters. The lowest BCUT2D eigenvalue weighted by atomic mass is 9.91. The van der Waals surface area contributed by atoms with Crippen LogP contribution in [0.3, 0.4) is 0 Å². The van der Waals surface area contributed by atoms with Gasteiger partial charge in [0, 0.05) is 12.1 Å². The van der Waals surface area contributed by atoms with Gasteiger partial charge < -0.3 is 5.11 Å². The molecule has 82 valence electrons. The van der Waals surface area contributed by atoms with E-state index in [0.29, 0.717) is 6.04 Å². The summed E-state index contributed by atoms with van der Waals surface area (Å²) in [5.74, 6) is 0. The summed E-state index contributed by atoms with van der Waals surface area (Å²) >= 11 is 0. The molecule has 0 bridgehead atoms. The minimum atomic E-state index is -0.0455. The van der Waals surface area contributed by atoms with E-state index in [4.69, 9.17) is 0 Å². The van der Waals surface area contributed by atoms with Crippen molar-refractivity contribution in [2.45, 2.75) is 70.1 Å². The van der Waals surface area contributed by atoms with E-state index in [-0.39, 0.29) is 6.10 Å². The summed E-state index contributed by atoms with van der Waals surface area (Å²) in [5, 5.41) is 10.0. The lowest BCUT2D eigenvalue weighted by molar-refractivity contribution is 0.0129. The topological polar surface area (TPSA) is 23.5 Å². The summed E-state index contributed by atoms with van der Waals surface area (Å²) in [6.07, 6.45) is 8.67. The second kappa shape index (κ2) is 4.63. The fourth-order valence-corrected chi connectivity index (χ4v) is 3.21. The molecule has 2 rings (SSSR count). The van der Waals surface area contributed by atoms with Crippen LogP contribution in [0.5, 0.6) is 0 Å². The number of aliphatic hydroxyl groups is 1. The van der Waals surface area contributed by atoms with Crippen LogP contribution in [0.15, 0.2) is 0 Å². The highest BCUT2D eigenvalue weighted by Crippen LogP contribution is 2.30. The van der Waals surface area contributed by atoms with E-state index in [1.807, 2.05) is 0 Å². The third-order valence-corrected chi connectivity index (χ3v) is 4.01. The molecule has 2 aliphatic rings. The van der Waals surface area contributed by atoms with E-state index in [0.717, 1.165) is 12.5 Å². The minimum Gasteiger partial charge on any atom is -0.391 e. The molecule has 1 N–H and O–H groups in total. The van der Waals surface area contributed by atoms with Crippen molar-refractivity contribution in [3.63, 3.8) is 0 Å². The molecule has 1 saturated carbocycles. The molecule has 0 aromatic heterocycles. The van der Waals surface area contributed by atoms with Crippen LogP contribution in [0.4, 0.5) is 0 Å². The van der Waals surface area contributed by atoms with E-state index in [2.05, 4.69) is 11.8 Å². The Hall–Kier alpha value is -0.0800. The van der Waals surface area contributed by atoms with Crippen LogP contribution in [-0.4, -0.2) is 34.7 Å². The second-order valence-electron chi connectivity index (χ2n) is 4.86. The van der Waals surface area contributed by atoms with Gasteiger partial charge in [0.05, 0.1) is 6.10 Å². The third kappa shape index (κ3) is 1.96. The Kier molecular flexibility index (Phi) is 3.45. The van der Waals surface area contributed by atoms with Crippen molar-refractivity contribution in [3.05, 3.63) is 0 Å². The van der Waals surface area contributed by atoms with Gasteiger partial charge in [-0.2, -0.15) is 0 Å². The first-order chi connectivity index (χ1) is 6.83. The third-order valence-electron chi connectivity index (χ3n) is 4.01. The van der Waals surface area contributed by atoms with E-state index in [9.17, 15) is 5.11 Å². The van der Waals surface area contributed by atoms with Crippen molar-refractivity contribution in [1.82, 2.24) is 4.90 Å². The lowest BCUT2D eigenvalue weighted by Crippen LogP contribution is -2.47. The molecule has 0 amide bonds. The highest BCUT2D eigenvalue weighted by Gasteiger charge is 2.34. The molecule has 0 spiro atoms. The summed E-state index contributed by atoms with van der Waals surface area (Å²) < 4.78 is 0. The molecule has 2 nitrogen and oxygen atoms in total. The Labute approximate surface area is 87.3 Å². The summed E-state index contributed by atoms with van der Waals surface area (Å²) in [6.45, 7) is 3.50. The lowest BCUT2D eigenvalue weighted by Gasteiger charge is -2.38. The van der Waals surface area contributed by atoms with Crippen LogP contribution < -0.4 is 0 Å². The average Bonchev–Trinajstić information content (AvgIpc) is 2.66. The molecule has 2 fully saturated rings. The van der Waals surface area contributed by atoms with E-state index < -0.39 is 0 Å². The summed E-state index contributed by atoms with van der Waals surface area (Å²) in [4.78, 5) is 2.59. The zero-order chi connectivity index (χ0) is 9.97. The molecule has 1 aliphatic heterocycles. The van der Waals surface area contributed by atoms with Gasteiger partial charge in [0.15, 0.2) is 0 Å². The fourth-order valence-electron chi connectivity index (χ4n) is 3.21. The van der Waals surface area contributed by atoms with Crippen LogP contribution >= 0.6 is 0 Å². The molecule has 2 heteroatoms. The quantitative estimate of drug-likeness (QED) is 0.733. The van der Waals surface area contributed by atoms with Crippen molar-refractivity contribution >= 4 is 0 Å². The van der Waals surface area contributed by atoms with Gasteiger partial charge in [-0.05, 0) is 38.6 Å². The van der Waals surface area contributed by atoms with Crippen LogP contribution in [0.25, 0.3) is 0 Å². The molecule has 14 heavy (non-hydrogen) atoms. The summed E-state index contributed by atoms with van der Waals surface area (Å²) in [5.41, 5.74) is 0. The zero-order valence-corrected chi connectivity index (χ0v) is 9.28. The second-order valence-corrected chi connectivity index (χ2v) is 4.86. The Morgan fingerprint density at radius 2 is 1.93 bits per heavy atom. The predicted octanol–water partition coefficient (Wildman–Crippen LogP) is 2.16. The Morgan fingerprint density at radius 1 is 1.14 bits per heavy atom. The average molecular weight is 197 g/mol. The molecule has 0 radical (unpaired) electrons. The SMILES string of the molecule is CCC1CCCN1C1CCCCC1O. The van der Waals surface area contributed by atoms with Gasteiger partial charge in [-0.1, -0.05) is 19.8 Å². The van der Waals surface area contributed by atoms with E-state index in [1.54, 1.807) is 0 Å². The van der Waals surface area contributed by atoms with Crippen molar-refractivity contribution in [2.24, 2.45) is 0 Å². The van der Waals surface area contributed by atoms with Gasteiger partial charge >= 0.3 is 0 Å². The maximum atomic E-state index is 10.0. The van der Waals surface area contributed by atoms with E-state index >= 15 is 0 Å². The van der Waals surface area contributed by atoms with Gasteiger partial charge in [-0.25, -0.2) is 0 Å². The van der Waals surface area contributed by atoms with Gasteiger partial charge in [-0.3, -0.25) is 4.90 Å². The number of hydrogen-bond acceptors (Lipinski definition) is 2. The first-order valence-electron chi connectivity index (χ1n) is 6.26. The summed E-state index contributed by atoms with van der Waals surface area (Å²) in [7, 11) is 0. The Bertz CT molecular complexity index is 183. The largest absolute Gasteiger partial charge is 0.391 e. The molecule has 0 aromatic carbocycles. The molecule has 0 aromatic rings. The monoisotopic (exact) mass is 197 g/mol. The molecular weight excluding hydrogens is 174 g/mol. The highest BCUT2D eigenvalue weighted by molar-refractivity contribution is 4.89. The smallest absolute Gasteiger partial charge is 0.0695 e. The fraction of sp³-hybridized carbons (Fsp3) is 1.00. The maximum Gasteiger partial charge on any atom is 0.0695 e. The molecular formula is C12H23NO. The zero-order valence-electron chi connectivity index (χ0n) is 9.28. The highest BCUT2D eigenvalue weighted by atomic mass is 16.3. The molecule has 1 saturated heterocycles. The summed E-state index contributed by atoms with van der Waals surface area (Å²) in [6, 6.07) is 1.24. The number of hydrogen-bond donors (Lipinski definition) is 1. The Balaban J connectivity index is 1.97. The predicted molar refractivity (Wildman–Crippen MR) is 58.3 cm³/mol.